The molecular weight excluding hydrogens is 314 g/mol. The normalized spacial score (nSPS) is 10.3. The zero-order valence-corrected chi connectivity index (χ0v) is 14.8. The Hall–Kier alpha value is -2.69. The Bertz CT molecular complexity index is 728. The molecule has 0 bridgehead atoms. The third-order valence-corrected chi connectivity index (χ3v) is 3.86. The highest BCUT2D eigenvalue weighted by molar-refractivity contribution is 5.98. The van der Waals surface area contributed by atoms with Crippen LogP contribution in [0.25, 0.3) is 0 Å². The van der Waals surface area contributed by atoms with Crippen molar-refractivity contribution in [3.05, 3.63) is 65.0 Å². The molecule has 1 heterocycles. The van der Waals surface area contributed by atoms with Crippen LogP contribution >= 0.6 is 0 Å². The van der Waals surface area contributed by atoms with Gasteiger partial charge in [-0.05, 0) is 31.0 Å². The molecule has 0 aliphatic heterocycles. The van der Waals surface area contributed by atoms with Crippen LogP contribution in [-0.4, -0.2) is 23.3 Å². The summed E-state index contributed by atoms with van der Waals surface area (Å²) < 4.78 is 0. The number of hydrogen-bond donors (Lipinski definition) is 2. The van der Waals surface area contributed by atoms with E-state index < -0.39 is 0 Å². The Balaban J connectivity index is 1.93. The zero-order chi connectivity index (χ0) is 18.1. The molecule has 25 heavy (non-hydrogen) atoms. The van der Waals surface area contributed by atoms with E-state index in [1.54, 1.807) is 6.07 Å². The largest absolute Gasteiger partial charge is 0.351 e. The van der Waals surface area contributed by atoms with Crippen LogP contribution in [0.15, 0.2) is 42.6 Å². The summed E-state index contributed by atoms with van der Waals surface area (Å²) in [5, 5.41) is 5.70. The van der Waals surface area contributed by atoms with Gasteiger partial charge in [0.1, 0.15) is 5.69 Å². The number of aryl methyl sites for hydroxylation is 1. The molecule has 2 N–H and O–H groups in total. The van der Waals surface area contributed by atoms with E-state index in [-0.39, 0.29) is 17.5 Å². The molecule has 1 aromatic carbocycles. The van der Waals surface area contributed by atoms with Crippen LogP contribution in [0.4, 0.5) is 0 Å². The number of rotatable bonds is 8. The molecular formula is C20H25N3O2. The van der Waals surface area contributed by atoms with Crippen molar-refractivity contribution < 1.29 is 9.59 Å². The summed E-state index contributed by atoms with van der Waals surface area (Å²) in [6, 6.07) is 11.1. The number of aromatic nitrogens is 1. The summed E-state index contributed by atoms with van der Waals surface area (Å²) in [6.45, 7) is 5.20. The fourth-order valence-corrected chi connectivity index (χ4v) is 2.47. The van der Waals surface area contributed by atoms with Gasteiger partial charge in [0.2, 0.25) is 0 Å². The second-order valence-corrected chi connectivity index (χ2v) is 6.06. The highest BCUT2D eigenvalue weighted by Crippen LogP contribution is 2.06. The lowest BCUT2D eigenvalue weighted by molar-refractivity contribution is 0.0948. The highest BCUT2D eigenvalue weighted by Gasteiger charge is 2.11. The smallest absolute Gasteiger partial charge is 0.269 e. The standard InChI is InChI=1S/C20H25N3O2/c1-3-4-5-10-22-20(25)18-13-17(9-11-21-18)19(24)23-14-16-8-6-7-15(2)12-16/h6-9,11-13H,3-5,10,14H2,1-2H3,(H,22,25)(H,23,24). The van der Waals surface area contributed by atoms with Gasteiger partial charge in [-0.25, -0.2) is 0 Å². The molecule has 0 fully saturated rings. The van der Waals surface area contributed by atoms with Crippen molar-refractivity contribution in [1.29, 1.82) is 0 Å². The van der Waals surface area contributed by atoms with E-state index in [1.165, 1.54) is 12.3 Å². The molecule has 0 saturated heterocycles. The molecule has 1 aromatic heterocycles. The van der Waals surface area contributed by atoms with Crippen LogP contribution in [0.5, 0.6) is 0 Å². The van der Waals surface area contributed by atoms with Crippen LogP contribution in [0.1, 0.15) is 58.2 Å². The van der Waals surface area contributed by atoms with Crippen molar-refractivity contribution in [1.82, 2.24) is 15.6 Å². The number of pyridine rings is 1. The lowest BCUT2D eigenvalue weighted by atomic mass is 10.1. The topological polar surface area (TPSA) is 71.1 Å². The van der Waals surface area contributed by atoms with Gasteiger partial charge in [0.05, 0.1) is 0 Å². The lowest BCUT2D eigenvalue weighted by Gasteiger charge is -2.08. The number of nitrogens with one attached hydrogen (secondary N) is 2. The first-order chi connectivity index (χ1) is 12.1. The molecule has 0 aliphatic carbocycles. The predicted molar refractivity (Wildman–Crippen MR) is 98.4 cm³/mol. The van der Waals surface area contributed by atoms with Gasteiger partial charge in [0.25, 0.3) is 11.8 Å². The van der Waals surface area contributed by atoms with Crippen molar-refractivity contribution in [3.8, 4) is 0 Å². The van der Waals surface area contributed by atoms with Crippen molar-refractivity contribution >= 4 is 11.8 Å². The third-order valence-electron chi connectivity index (χ3n) is 3.86. The maximum Gasteiger partial charge on any atom is 0.269 e. The molecule has 2 rings (SSSR count). The highest BCUT2D eigenvalue weighted by atomic mass is 16.2. The van der Waals surface area contributed by atoms with Gasteiger partial charge in [-0.3, -0.25) is 14.6 Å². The molecule has 2 amide bonds. The SMILES string of the molecule is CCCCCNC(=O)c1cc(C(=O)NCc2cccc(C)c2)ccn1. The average Bonchev–Trinajstić information content (AvgIpc) is 2.63. The molecule has 2 aromatic rings. The first-order valence-corrected chi connectivity index (χ1v) is 8.68. The van der Waals surface area contributed by atoms with Crippen LogP contribution < -0.4 is 10.6 Å². The van der Waals surface area contributed by atoms with Gasteiger partial charge in [0, 0.05) is 24.8 Å². The summed E-state index contributed by atoms with van der Waals surface area (Å²) in [5.74, 6) is -0.464. The minimum Gasteiger partial charge on any atom is -0.351 e. The van der Waals surface area contributed by atoms with Crippen LogP contribution in [0, 0.1) is 6.92 Å². The lowest BCUT2D eigenvalue weighted by Crippen LogP contribution is -2.27. The van der Waals surface area contributed by atoms with Crippen molar-refractivity contribution in [2.75, 3.05) is 6.54 Å². The van der Waals surface area contributed by atoms with Crippen LogP contribution in [0.2, 0.25) is 0 Å². The molecule has 0 spiro atoms. The minimum absolute atomic E-state index is 0.219. The number of carbonyl (C=O) groups excluding carboxylic acids is 2. The van der Waals surface area contributed by atoms with E-state index in [4.69, 9.17) is 0 Å². The Morgan fingerprint density at radius 1 is 1.04 bits per heavy atom. The van der Waals surface area contributed by atoms with Crippen molar-refractivity contribution in [2.24, 2.45) is 0 Å². The van der Waals surface area contributed by atoms with E-state index in [9.17, 15) is 9.59 Å². The van der Waals surface area contributed by atoms with E-state index in [0.29, 0.717) is 18.7 Å². The van der Waals surface area contributed by atoms with E-state index in [2.05, 4.69) is 22.5 Å². The fraction of sp³-hybridized carbons (Fsp3) is 0.350. The maximum absolute atomic E-state index is 12.3. The summed E-state index contributed by atoms with van der Waals surface area (Å²) >= 11 is 0. The summed E-state index contributed by atoms with van der Waals surface area (Å²) in [4.78, 5) is 28.5. The number of unbranched alkanes of at least 4 members (excludes halogenated alkanes) is 2. The number of carbonyl (C=O) groups is 2. The van der Waals surface area contributed by atoms with Gasteiger partial charge in [-0.1, -0.05) is 49.6 Å². The molecule has 0 saturated carbocycles. The van der Waals surface area contributed by atoms with E-state index in [1.807, 2.05) is 31.2 Å². The summed E-state index contributed by atoms with van der Waals surface area (Å²) in [5.41, 5.74) is 2.88. The second-order valence-electron chi connectivity index (χ2n) is 6.06. The van der Waals surface area contributed by atoms with Crippen molar-refractivity contribution in [2.45, 2.75) is 39.7 Å². The molecule has 0 unspecified atom stereocenters. The monoisotopic (exact) mass is 339 g/mol. The van der Waals surface area contributed by atoms with Crippen molar-refractivity contribution in [3.63, 3.8) is 0 Å². The van der Waals surface area contributed by atoms with Gasteiger partial charge in [-0.15, -0.1) is 0 Å². The fourth-order valence-electron chi connectivity index (χ4n) is 2.47. The Morgan fingerprint density at radius 3 is 2.64 bits per heavy atom. The summed E-state index contributed by atoms with van der Waals surface area (Å²) in [6.07, 6.45) is 4.61. The molecule has 132 valence electrons. The second kappa shape index (κ2) is 9.57. The Morgan fingerprint density at radius 2 is 1.88 bits per heavy atom. The van der Waals surface area contributed by atoms with Gasteiger partial charge < -0.3 is 10.6 Å². The average molecular weight is 339 g/mol. The first-order valence-electron chi connectivity index (χ1n) is 8.68. The number of benzene rings is 1. The zero-order valence-electron chi connectivity index (χ0n) is 14.8. The van der Waals surface area contributed by atoms with E-state index in [0.717, 1.165) is 30.4 Å². The molecule has 0 atom stereocenters. The molecule has 0 radical (unpaired) electrons. The first kappa shape index (κ1) is 18.6. The Labute approximate surface area is 148 Å². The third kappa shape index (κ3) is 6.03. The van der Waals surface area contributed by atoms with Gasteiger partial charge in [-0.2, -0.15) is 0 Å². The minimum atomic E-state index is -0.246. The van der Waals surface area contributed by atoms with E-state index >= 15 is 0 Å². The molecule has 0 aliphatic rings. The predicted octanol–water partition coefficient (Wildman–Crippen LogP) is 3.24. The Kier molecular flexibility index (Phi) is 7.14. The summed E-state index contributed by atoms with van der Waals surface area (Å²) in [7, 11) is 0. The molecule has 5 heteroatoms. The molecule has 5 nitrogen and oxygen atoms in total. The van der Waals surface area contributed by atoms with Gasteiger partial charge in [0.15, 0.2) is 0 Å². The maximum atomic E-state index is 12.3. The number of nitrogens with zero attached hydrogens (tertiary/aromatic N) is 1. The van der Waals surface area contributed by atoms with Crippen LogP contribution in [-0.2, 0) is 6.54 Å². The number of amides is 2. The quantitative estimate of drug-likeness (QED) is 0.725. The van der Waals surface area contributed by atoms with Crippen LogP contribution in [0.3, 0.4) is 0 Å². The number of hydrogen-bond acceptors (Lipinski definition) is 3. The van der Waals surface area contributed by atoms with Gasteiger partial charge >= 0.3 is 0 Å².